The number of carbonyl (C=O) groups excluding carboxylic acids is 2. The van der Waals surface area contributed by atoms with Crippen molar-refractivity contribution < 1.29 is 9.59 Å². The first-order chi connectivity index (χ1) is 15.5. The summed E-state index contributed by atoms with van der Waals surface area (Å²) in [5.41, 5.74) is 3.32. The van der Waals surface area contributed by atoms with Crippen molar-refractivity contribution in [3.05, 3.63) is 82.9 Å². The summed E-state index contributed by atoms with van der Waals surface area (Å²) in [6.07, 6.45) is 4.70. The quantitative estimate of drug-likeness (QED) is 0.409. The molecule has 7 nitrogen and oxygen atoms in total. The van der Waals surface area contributed by atoms with Crippen molar-refractivity contribution in [2.24, 2.45) is 0 Å². The predicted octanol–water partition coefficient (Wildman–Crippen LogP) is 4.84. The molecule has 2 aromatic carbocycles. The number of benzene rings is 2. The normalized spacial score (nSPS) is 14.2. The van der Waals surface area contributed by atoms with Gasteiger partial charge in [-0.3, -0.25) is 9.59 Å². The van der Waals surface area contributed by atoms with Gasteiger partial charge in [-0.2, -0.15) is 0 Å². The van der Waals surface area contributed by atoms with E-state index in [0.29, 0.717) is 40.4 Å². The van der Waals surface area contributed by atoms with Crippen LogP contribution in [0.5, 0.6) is 0 Å². The van der Waals surface area contributed by atoms with Crippen LogP contribution in [-0.2, 0) is 10.2 Å². The highest BCUT2D eigenvalue weighted by Crippen LogP contribution is 2.50. The topological polar surface area (TPSA) is 99.8 Å². The second-order valence-electron chi connectivity index (χ2n) is 7.99. The first kappa shape index (κ1) is 20.2. The molecule has 8 heteroatoms. The van der Waals surface area contributed by atoms with Crippen molar-refractivity contribution >= 4 is 45.8 Å². The zero-order valence-electron chi connectivity index (χ0n) is 17.3. The van der Waals surface area contributed by atoms with Gasteiger partial charge in [0.25, 0.3) is 5.91 Å². The molecule has 0 atom stereocenters. The first-order valence-corrected chi connectivity index (χ1v) is 10.6. The van der Waals surface area contributed by atoms with E-state index in [1.807, 2.05) is 19.1 Å². The van der Waals surface area contributed by atoms with E-state index in [-0.39, 0.29) is 11.8 Å². The molecule has 0 saturated heterocycles. The van der Waals surface area contributed by atoms with E-state index in [0.717, 1.165) is 16.6 Å². The van der Waals surface area contributed by atoms with Crippen LogP contribution in [0.2, 0.25) is 5.02 Å². The minimum Gasteiger partial charge on any atom is -0.346 e. The van der Waals surface area contributed by atoms with Crippen LogP contribution in [0.15, 0.2) is 61.1 Å². The van der Waals surface area contributed by atoms with Gasteiger partial charge in [0, 0.05) is 33.5 Å². The van der Waals surface area contributed by atoms with Crippen molar-refractivity contribution in [3.8, 4) is 0 Å². The molecule has 2 heterocycles. The van der Waals surface area contributed by atoms with Crippen molar-refractivity contribution in [1.29, 1.82) is 0 Å². The van der Waals surface area contributed by atoms with Crippen molar-refractivity contribution in [2.75, 3.05) is 10.6 Å². The standard InChI is InChI=1S/C24H20ClN5O2/c1-14-2-3-15(22(31)29-17-6-4-16(25)5-7-17)12-19(14)30-23(32)24(9-10-24)20-18-8-11-26-21(18)28-13-27-20/h2-8,11-13H,9-10H2,1H3,(H,29,31)(H,30,32)(H,26,27,28). The van der Waals surface area contributed by atoms with Crippen LogP contribution in [0, 0.1) is 6.92 Å². The molecule has 32 heavy (non-hydrogen) atoms. The van der Waals surface area contributed by atoms with Gasteiger partial charge in [-0.15, -0.1) is 0 Å². The van der Waals surface area contributed by atoms with Crippen molar-refractivity contribution in [1.82, 2.24) is 15.0 Å². The number of halogens is 1. The fourth-order valence-electron chi connectivity index (χ4n) is 3.83. The number of hydrogen-bond acceptors (Lipinski definition) is 4. The third-order valence-electron chi connectivity index (χ3n) is 5.84. The minimum atomic E-state index is -0.683. The van der Waals surface area contributed by atoms with E-state index < -0.39 is 5.41 Å². The molecule has 0 unspecified atom stereocenters. The number of anilines is 2. The van der Waals surface area contributed by atoms with Gasteiger partial charge in [-0.1, -0.05) is 17.7 Å². The summed E-state index contributed by atoms with van der Waals surface area (Å²) in [5, 5.41) is 7.32. The van der Waals surface area contributed by atoms with Crippen LogP contribution in [0.1, 0.15) is 34.5 Å². The van der Waals surface area contributed by atoms with Crippen molar-refractivity contribution in [3.63, 3.8) is 0 Å². The second kappa shape index (κ2) is 7.76. The second-order valence-corrected chi connectivity index (χ2v) is 8.43. The van der Waals surface area contributed by atoms with Gasteiger partial charge in [0.1, 0.15) is 12.0 Å². The number of amides is 2. The average Bonchev–Trinajstić information content (AvgIpc) is 3.46. The third kappa shape index (κ3) is 3.61. The number of aromatic nitrogens is 3. The number of aromatic amines is 1. The lowest BCUT2D eigenvalue weighted by Crippen LogP contribution is -2.29. The molecule has 1 aliphatic rings. The van der Waals surface area contributed by atoms with Crippen LogP contribution in [0.3, 0.4) is 0 Å². The van der Waals surface area contributed by atoms with Gasteiger partial charge >= 0.3 is 0 Å². The SMILES string of the molecule is Cc1ccc(C(=O)Nc2ccc(Cl)cc2)cc1NC(=O)C1(c2ncnc3[nH]ccc23)CC1. The van der Waals surface area contributed by atoms with Crippen LogP contribution in [0.25, 0.3) is 11.0 Å². The van der Waals surface area contributed by atoms with Gasteiger partial charge < -0.3 is 15.6 Å². The lowest BCUT2D eigenvalue weighted by molar-refractivity contribution is -0.118. The van der Waals surface area contributed by atoms with E-state index in [9.17, 15) is 9.59 Å². The summed E-state index contributed by atoms with van der Waals surface area (Å²) < 4.78 is 0. The molecule has 5 rings (SSSR count). The Hall–Kier alpha value is -3.71. The van der Waals surface area contributed by atoms with Crippen LogP contribution in [-0.4, -0.2) is 26.8 Å². The molecule has 0 aliphatic heterocycles. The zero-order valence-corrected chi connectivity index (χ0v) is 18.0. The molecule has 1 fully saturated rings. The lowest BCUT2D eigenvalue weighted by Gasteiger charge is -2.17. The van der Waals surface area contributed by atoms with Crippen LogP contribution >= 0.6 is 11.6 Å². The highest BCUT2D eigenvalue weighted by molar-refractivity contribution is 6.30. The number of carbonyl (C=O) groups is 2. The first-order valence-electron chi connectivity index (χ1n) is 10.2. The van der Waals surface area contributed by atoms with Gasteiger partial charge in [-0.05, 0) is 67.8 Å². The van der Waals surface area contributed by atoms with Crippen LogP contribution in [0.4, 0.5) is 11.4 Å². The Labute approximate surface area is 189 Å². The molecule has 2 aromatic heterocycles. The predicted molar refractivity (Wildman–Crippen MR) is 124 cm³/mol. The molecule has 1 saturated carbocycles. The highest BCUT2D eigenvalue weighted by Gasteiger charge is 2.53. The number of H-pyrrole nitrogens is 1. The molecular weight excluding hydrogens is 426 g/mol. The summed E-state index contributed by atoms with van der Waals surface area (Å²) in [6, 6.07) is 14.0. The summed E-state index contributed by atoms with van der Waals surface area (Å²) in [5.74, 6) is -0.397. The van der Waals surface area contributed by atoms with Crippen LogP contribution < -0.4 is 10.6 Å². The molecular formula is C24H20ClN5O2. The van der Waals surface area contributed by atoms with E-state index in [4.69, 9.17) is 11.6 Å². The fraction of sp³-hybridized carbons (Fsp3) is 0.167. The Bertz CT molecular complexity index is 1340. The molecule has 4 aromatic rings. The molecule has 0 spiro atoms. The highest BCUT2D eigenvalue weighted by atomic mass is 35.5. The molecule has 1 aliphatic carbocycles. The van der Waals surface area contributed by atoms with E-state index in [1.54, 1.807) is 42.6 Å². The number of nitrogens with zero attached hydrogens (tertiary/aromatic N) is 2. The zero-order chi connectivity index (χ0) is 22.3. The number of hydrogen-bond donors (Lipinski definition) is 3. The van der Waals surface area contributed by atoms with Gasteiger partial charge in [0.2, 0.25) is 5.91 Å². The number of rotatable bonds is 5. The largest absolute Gasteiger partial charge is 0.346 e. The summed E-state index contributed by atoms with van der Waals surface area (Å²) >= 11 is 5.90. The molecule has 3 N–H and O–H groups in total. The molecule has 0 bridgehead atoms. The maximum absolute atomic E-state index is 13.3. The summed E-state index contributed by atoms with van der Waals surface area (Å²) in [4.78, 5) is 37.8. The third-order valence-corrected chi connectivity index (χ3v) is 6.09. The maximum atomic E-state index is 13.3. The van der Waals surface area contributed by atoms with Gasteiger partial charge in [0.05, 0.1) is 11.1 Å². The fourth-order valence-corrected chi connectivity index (χ4v) is 3.95. The average molecular weight is 446 g/mol. The van der Waals surface area contributed by atoms with E-state index >= 15 is 0 Å². The van der Waals surface area contributed by atoms with E-state index in [2.05, 4.69) is 25.6 Å². The number of fused-ring (bicyclic) bond motifs is 1. The van der Waals surface area contributed by atoms with E-state index in [1.165, 1.54) is 6.33 Å². The summed E-state index contributed by atoms with van der Waals surface area (Å²) in [6.45, 7) is 1.89. The minimum absolute atomic E-state index is 0.128. The van der Waals surface area contributed by atoms with Gasteiger partial charge in [0.15, 0.2) is 0 Å². The Morgan fingerprint density at radius 1 is 1.03 bits per heavy atom. The monoisotopic (exact) mass is 445 g/mol. The lowest BCUT2D eigenvalue weighted by atomic mass is 9.98. The smallest absolute Gasteiger partial charge is 0.255 e. The summed E-state index contributed by atoms with van der Waals surface area (Å²) in [7, 11) is 0. The maximum Gasteiger partial charge on any atom is 0.255 e. The van der Waals surface area contributed by atoms with Crippen molar-refractivity contribution in [2.45, 2.75) is 25.2 Å². The Kier molecular flexibility index (Phi) is 4.90. The molecule has 0 radical (unpaired) electrons. The van der Waals surface area contributed by atoms with Gasteiger partial charge in [-0.25, -0.2) is 9.97 Å². The Morgan fingerprint density at radius 2 is 1.81 bits per heavy atom. The Balaban J connectivity index is 1.38. The molecule has 2 amide bonds. The number of nitrogens with one attached hydrogen (secondary N) is 3. The Morgan fingerprint density at radius 3 is 2.56 bits per heavy atom. The number of aryl methyl sites for hydroxylation is 1. The molecule has 160 valence electrons.